The van der Waals surface area contributed by atoms with Gasteiger partial charge in [-0.2, -0.15) is 0 Å². The number of nitrogens with one attached hydrogen (secondary N) is 1. The van der Waals surface area contributed by atoms with E-state index in [1.807, 2.05) is 0 Å². The molecule has 4 rings (SSSR count). The first kappa shape index (κ1) is 17.7. The molecule has 3 aliphatic rings. The highest BCUT2D eigenvalue weighted by Gasteiger charge is 2.30. The molecule has 0 spiro atoms. The summed E-state index contributed by atoms with van der Waals surface area (Å²) in [4.78, 5) is 9.86. The Morgan fingerprint density at radius 3 is 2.92 bits per heavy atom. The van der Waals surface area contributed by atoms with Gasteiger partial charge in [0.2, 0.25) is 0 Å². The molecule has 0 bridgehead atoms. The lowest BCUT2D eigenvalue weighted by molar-refractivity contribution is 0.0195. The standard InChI is InChI=1S/C18H31N7O/c1-2-19-18(20-13-17-22-21-16-5-3-4-7-25(16)17)24-8-6-15(14-24)23-9-11-26-12-10-23/h15H,2-14H2,1H3,(H,19,20). The molecule has 8 heteroatoms. The van der Waals surface area contributed by atoms with Gasteiger partial charge in [0, 0.05) is 51.7 Å². The molecule has 4 heterocycles. The van der Waals surface area contributed by atoms with Crippen molar-refractivity contribution in [1.29, 1.82) is 0 Å². The van der Waals surface area contributed by atoms with E-state index in [9.17, 15) is 0 Å². The molecule has 1 aromatic rings. The predicted molar refractivity (Wildman–Crippen MR) is 100 cm³/mol. The Bertz CT molecular complexity index is 623. The van der Waals surface area contributed by atoms with Crippen LogP contribution in [0.4, 0.5) is 0 Å². The lowest BCUT2D eigenvalue weighted by atomic mass is 10.2. The molecule has 0 radical (unpaired) electrons. The van der Waals surface area contributed by atoms with Gasteiger partial charge < -0.3 is 19.5 Å². The quantitative estimate of drug-likeness (QED) is 0.622. The van der Waals surface area contributed by atoms with E-state index in [2.05, 4.69) is 36.8 Å². The number of likely N-dealkylation sites (tertiary alicyclic amines) is 1. The number of aliphatic imine (C=N–C) groups is 1. The van der Waals surface area contributed by atoms with Crippen molar-refractivity contribution >= 4 is 5.96 Å². The Labute approximate surface area is 155 Å². The highest BCUT2D eigenvalue weighted by molar-refractivity contribution is 5.80. The van der Waals surface area contributed by atoms with Gasteiger partial charge in [0.05, 0.1) is 13.2 Å². The largest absolute Gasteiger partial charge is 0.379 e. The van der Waals surface area contributed by atoms with Crippen LogP contribution in [0.25, 0.3) is 0 Å². The molecule has 26 heavy (non-hydrogen) atoms. The first-order chi connectivity index (χ1) is 12.8. The lowest BCUT2D eigenvalue weighted by Crippen LogP contribution is -2.46. The maximum atomic E-state index is 5.49. The first-order valence-electron chi connectivity index (χ1n) is 10.1. The number of guanidine groups is 1. The Morgan fingerprint density at radius 2 is 2.08 bits per heavy atom. The molecule has 0 saturated carbocycles. The normalized spacial score (nSPS) is 24.7. The number of hydrogen-bond donors (Lipinski definition) is 1. The number of morpholine rings is 1. The molecular formula is C18H31N7O. The molecular weight excluding hydrogens is 330 g/mol. The van der Waals surface area contributed by atoms with E-state index < -0.39 is 0 Å². The third-order valence-corrected chi connectivity index (χ3v) is 5.67. The van der Waals surface area contributed by atoms with Gasteiger partial charge in [0.1, 0.15) is 12.4 Å². The summed E-state index contributed by atoms with van der Waals surface area (Å²) in [6.07, 6.45) is 4.69. The van der Waals surface area contributed by atoms with Crippen LogP contribution in [-0.4, -0.2) is 82.5 Å². The second kappa shape index (κ2) is 8.35. The average molecular weight is 361 g/mol. The summed E-state index contributed by atoms with van der Waals surface area (Å²) in [6.45, 7) is 10.6. The Balaban J connectivity index is 1.40. The second-order valence-electron chi connectivity index (χ2n) is 7.35. The van der Waals surface area contributed by atoms with Crippen molar-refractivity contribution in [2.45, 2.75) is 51.7 Å². The summed E-state index contributed by atoms with van der Waals surface area (Å²) >= 11 is 0. The third-order valence-electron chi connectivity index (χ3n) is 5.67. The minimum Gasteiger partial charge on any atom is -0.379 e. The fourth-order valence-electron chi connectivity index (χ4n) is 4.23. The number of aryl methyl sites for hydroxylation is 1. The van der Waals surface area contributed by atoms with E-state index in [-0.39, 0.29) is 0 Å². The summed E-state index contributed by atoms with van der Waals surface area (Å²) in [7, 11) is 0. The van der Waals surface area contributed by atoms with Crippen molar-refractivity contribution < 1.29 is 4.74 Å². The zero-order valence-electron chi connectivity index (χ0n) is 15.9. The average Bonchev–Trinajstić information content (AvgIpc) is 3.33. The van der Waals surface area contributed by atoms with Crippen molar-refractivity contribution in [1.82, 2.24) is 29.9 Å². The van der Waals surface area contributed by atoms with Crippen LogP contribution >= 0.6 is 0 Å². The SMILES string of the molecule is CCNC(=NCc1nnc2n1CCCC2)N1CCC(N2CCOCC2)C1. The van der Waals surface area contributed by atoms with Crippen LogP contribution in [-0.2, 0) is 24.2 Å². The molecule has 0 aliphatic carbocycles. The molecule has 144 valence electrons. The summed E-state index contributed by atoms with van der Waals surface area (Å²) in [5.41, 5.74) is 0. The minimum absolute atomic E-state index is 0.605. The molecule has 3 aliphatic heterocycles. The summed E-state index contributed by atoms with van der Waals surface area (Å²) < 4.78 is 7.75. The Kier molecular flexibility index (Phi) is 5.69. The van der Waals surface area contributed by atoms with Crippen molar-refractivity contribution in [3.63, 3.8) is 0 Å². The smallest absolute Gasteiger partial charge is 0.194 e. The van der Waals surface area contributed by atoms with E-state index in [1.165, 1.54) is 19.3 Å². The Hall–Kier alpha value is -1.67. The number of fused-ring (bicyclic) bond motifs is 1. The van der Waals surface area contributed by atoms with Crippen molar-refractivity contribution in [3.05, 3.63) is 11.6 Å². The highest BCUT2D eigenvalue weighted by Crippen LogP contribution is 2.18. The summed E-state index contributed by atoms with van der Waals surface area (Å²) in [5.74, 6) is 3.13. The van der Waals surface area contributed by atoms with Gasteiger partial charge in [-0.3, -0.25) is 4.90 Å². The maximum absolute atomic E-state index is 5.49. The monoisotopic (exact) mass is 361 g/mol. The van der Waals surface area contributed by atoms with Gasteiger partial charge >= 0.3 is 0 Å². The lowest BCUT2D eigenvalue weighted by Gasteiger charge is -2.32. The van der Waals surface area contributed by atoms with E-state index in [4.69, 9.17) is 9.73 Å². The van der Waals surface area contributed by atoms with E-state index >= 15 is 0 Å². The third kappa shape index (κ3) is 3.86. The van der Waals surface area contributed by atoms with Gasteiger partial charge in [0.15, 0.2) is 11.8 Å². The van der Waals surface area contributed by atoms with Crippen LogP contribution in [0, 0.1) is 0 Å². The topological polar surface area (TPSA) is 70.8 Å². The van der Waals surface area contributed by atoms with Crippen molar-refractivity contribution in [3.8, 4) is 0 Å². The molecule has 0 aromatic carbocycles. The van der Waals surface area contributed by atoms with Gasteiger partial charge in [-0.15, -0.1) is 10.2 Å². The molecule has 2 fully saturated rings. The van der Waals surface area contributed by atoms with Gasteiger partial charge in [-0.05, 0) is 26.2 Å². The number of hydrogen-bond acceptors (Lipinski definition) is 5. The number of ether oxygens (including phenoxy) is 1. The fraction of sp³-hybridized carbons (Fsp3) is 0.833. The second-order valence-corrected chi connectivity index (χ2v) is 7.35. The molecule has 1 atom stereocenters. The zero-order valence-corrected chi connectivity index (χ0v) is 15.9. The van der Waals surface area contributed by atoms with Crippen molar-refractivity contribution in [2.75, 3.05) is 45.9 Å². The van der Waals surface area contributed by atoms with Gasteiger partial charge in [-0.1, -0.05) is 0 Å². The molecule has 0 amide bonds. The van der Waals surface area contributed by atoms with Crippen LogP contribution in [0.3, 0.4) is 0 Å². The fourth-order valence-corrected chi connectivity index (χ4v) is 4.23. The van der Waals surface area contributed by atoms with Crippen LogP contribution in [0.5, 0.6) is 0 Å². The maximum Gasteiger partial charge on any atom is 0.194 e. The van der Waals surface area contributed by atoms with E-state index in [1.54, 1.807) is 0 Å². The molecule has 2 saturated heterocycles. The zero-order chi connectivity index (χ0) is 17.8. The molecule has 8 nitrogen and oxygen atoms in total. The molecule has 1 N–H and O–H groups in total. The van der Waals surface area contributed by atoms with Crippen LogP contribution < -0.4 is 5.32 Å². The number of nitrogens with zero attached hydrogens (tertiary/aromatic N) is 6. The summed E-state index contributed by atoms with van der Waals surface area (Å²) in [6, 6.07) is 0.614. The van der Waals surface area contributed by atoms with E-state index in [0.29, 0.717) is 12.6 Å². The highest BCUT2D eigenvalue weighted by atomic mass is 16.5. The van der Waals surface area contributed by atoms with Crippen LogP contribution in [0.1, 0.15) is 37.8 Å². The first-order valence-corrected chi connectivity index (χ1v) is 10.1. The number of rotatable bonds is 4. The van der Waals surface area contributed by atoms with Crippen LogP contribution in [0.2, 0.25) is 0 Å². The number of aromatic nitrogens is 3. The van der Waals surface area contributed by atoms with Crippen molar-refractivity contribution in [2.24, 2.45) is 4.99 Å². The minimum atomic E-state index is 0.605. The Morgan fingerprint density at radius 1 is 1.19 bits per heavy atom. The molecule has 1 unspecified atom stereocenters. The molecule has 1 aromatic heterocycles. The van der Waals surface area contributed by atoms with Gasteiger partial charge in [-0.25, -0.2) is 4.99 Å². The summed E-state index contributed by atoms with van der Waals surface area (Å²) in [5, 5.41) is 12.2. The van der Waals surface area contributed by atoms with Gasteiger partial charge in [0.25, 0.3) is 0 Å². The predicted octanol–water partition coefficient (Wildman–Crippen LogP) is 0.486. The van der Waals surface area contributed by atoms with Crippen LogP contribution in [0.15, 0.2) is 4.99 Å². The van der Waals surface area contributed by atoms with E-state index in [0.717, 1.165) is 76.5 Å².